The largest absolute Gasteiger partial charge is 0.478 e. The first-order valence-corrected chi connectivity index (χ1v) is 5.92. The van der Waals surface area contributed by atoms with Gasteiger partial charge in [0.2, 0.25) is 0 Å². The smallest absolute Gasteiger partial charge is 0.335 e. The van der Waals surface area contributed by atoms with Crippen LogP contribution in [0.1, 0.15) is 15.9 Å². The number of pyridine rings is 1. The van der Waals surface area contributed by atoms with Gasteiger partial charge in [0, 0.05) is 11.8 Å². The highest BCUT2D eigenvalue weighted by Gasteiger charge is 2.08. The lowest BCUT2D eigenvalue weighted by atomic mass is 10.1. The van der Waals surface area contributed by atoms with Crippen molar-refractivity contribution >= 4 is 11.5 Å². The van der Waals surface area contributed by atoms with E-state index in [9.17, 15) is 4.79 Å². The average Bonchev–Trinajstić information content (AvgIpc) is 2.81. The highest BCUT2D eigenvalue weighted by atomic mass is 16.4. The Morgan fingerprint density at radius 2 is 1.95 bits per heavy atom. The molecule has 0 atom stereocenters. The number of aromatic nitrogens is 2. The number of carboxylic acid groups (broad SMARTS) is 1. The van der Waals surface area contributed by atoms with Crippen LogP contribution in [-0.2, 0) is 0 Å². The van der Waals surface area contributed by atoms with E-state index in [-0.39, 0.29) is 5.56 Å². The first kappa shape index (κ1) is 11.5. The molecule has 0 aliphatic rings. The molecular weight excluding hydrogens is 240 g/mol. The molecule has 1 N–H and O–H groups in total. The predicted molar refractivity (Wildman–Crippen MR) is 72.3 cm³/mol. The summed E-state index contributed by atoms with van der Waals surface area (Å²) in [6.07, 6.45) is 3.78. The molecule has 0 amide bonds. The molecule has 19 heavy (non-hydrogen) atoms. The fourth-order valence-electron chi connectivity index (χ4n) is 2.09. The molecule has 3 aromatic rings. The van der Waals surface area contributed by atoms with Gasteiger partial charge < -0.3 is 5.11 Å². The molecule has 2 heterocycles. The highest BCUT2D eigenvalue weighted by molar-refractivity contribution is 5.88. The Morgan fingerprint density at radius 1 is 1.21 bits per heavy atom. The number of aryl methyl sites for hydroxylation is 1. The Morgan fingerprint density at radius 3 is 2.63 bits per heavy atom. The van der Waals surface area contributed by atoms with E-state index in [0.717, 1.165) is 16.9 Å². The Hall–Kier alpha value is -2.62. The number of hydrogen-bond acceptors (Lipinski definition) is 2. The van der Waals surface area contributed by atoms with Gasteiger partial charge in [0.15, 0.2) is 0 Å². The Labute approximate surface area is 110 Å². The van der Waals surface area contributed by atoms with Gasteiger partial charge in [0.1, 0.15) is 5.82 Å². The van der Waals surface area contributed by atoms with Crippen LogP contribution in [0, 0.1) is 6.92 Å². The standard InChI is InChI=1S/C15H12N2O2/c1-10-6-7-17-13(8-10)9-16-14(17)11-2-4-12(5-3-11)15(18)19/h2-9H,1H3,(H,18,19). The molecule has 0 radical (unpaired) electrons. The number of imidazole rings is 1. The van der Waals surface area contributed by atoms with Crippen LogP contribution in [-0.4, -0.2) is 20.5 Å². The number of carbonyl (C=O) groups is 1. The van der Waals surface area contributed by atoms with Crippen molar-refractivity contribution < 1.29 is 9.90 Å². The first-order chi connectivity index (χ1) is 9.15. The Bertz CT molecular complexity index is 757. The summed E-state index contributed by atoms with van der Waals surface area (Å²) in [5, 5.41) is 8.89. The minimum Gasteiger partial charge on any atom is -0.478 e. The van der Waals surface area contributed by atoms with Gasteiger partial charge in [-0.2, -0.15) is 0 Å². The summed E-state index contributed by atoms with van der Waals surface area (Å²) in [4.78, 5) is 15.2. The minimum atomic E-state index is -0.921. The zero-order valence-electron chi connectivity index (χ0n) is 10.4. The normalized spacial score (nSPS) is 10.8. The van der Waals surface area contributed by atoms with Crippen LogP contribution >= 0.6 is 0 Å². The van der Waals surface area contributed by atoms with Crippen LogP contribution < -0.4 is 0 Å². The fourth-order valence-corrected chi connectivity index (χ4v) is 2.09. The number of rotatable bonds is 2. The minimum absolute atomic E-state index is 0.278. The van der Waals surface area contributed by atoms with E-state index in [1.54, 1.807) is 24.3 Å². The molecule has 0 spiro atoms. The molecule has 0 fully saturated rings. The van der Waals surface area contributed by atoms with Crippen LogP contribution in [0.5, 0.6) is 0 Å². The Balaban J connectivity index is 2.11. The zero-order valence-corrected chi connectivity index (χ0v) is 10.4. The lowest BCUT2D eigenvalue weighted by molar-refractivity contribution is 0.0697. The molecule has 4 heteroatoms. The van der Waals surface area contributed by atoms with Crippen molar-refractivity contribution in [3.05, 3.63) is 59.9 Å². The van der Waals surface area contributed by atoms with Crippen LogP contribution in [0.3, 0.4) is 0 Å². The van der Waals surface area contributed by atoms with E-state index in [1.807, 2.05) is 29.8 Å². The third-order valence-electron chi connectivity index (χ3n) is 3.08. The number of fused-ring (bicyclic) bond motifs is 1. The molecule has 0 saturated heterocycles. The summed E-state index contributed by atoms with van der Waals surface area (Å²) in [6, 6.07) is 10.8. The van der Waals surface area contributed by atoms with Crippen LogP contribution in [0.25, 0.3) is 16.9 Å². The second-order valence-corrected chi connectivity index (χ2v) is 4.46. The maximum Gasteiger partial charge on any atom is 0.335 e. The van der Waals surface area contributed by atoms with Crippen LogP contribution in [0.2, 0.25) is 0 Å². The maximum atomic E-state index is 10.8. The Kier molecular flexibility index (Phi) is 2.56. The number of carboxylic acids is 1. The van der Waals surface area contributed by atoms with Crippen molar-refractivity contribution in [3.63, 3.8) is 0 Å². The summed E-state index contributed by atoms with van der Waals surface area (Å²) in [7, 11) is 0. The summed E-state index contributed by atoms with van der Waals surface area (Å²) in [5.41, 5.74) is 3.38. The van der Waals surface area contributed by atoms with Gasteiger partial charge in [-0.1, -0.05) is 12.1 Å². The second kappa shape index (κ2) is 4.24. The molecule has 4 nitrogen and oxygen atoms in total. The zero-order chi connectivity index (χ0) is 13.4. The van der Waals surface area contributed by atoms with Crippen molar-refractivity contribution in [2.45, 2.75) is 6.92 Å². The summed E-state index contributed by atoms with van der Waals surface area (Å²) in [6.45, 7) is 2.04. The SMILES string of the molecule is Cc1ccn2c(-c3ccc(C(=O)O)cc3)ncc2c1. The molecule has 0 aliphatic heterocycles. The molecule has 0 unspecified atom stereocenters. The first-order valence-electron chi connectivity index (χ1n) is 5.92. The van der Waals surface area contributed by atoms with Crippen molar-refractivity contribution in [3.8, 4) is 11.4 Å². The summed E-state index contributed by atoms with van der Waals surface area (Å²) < 4.78 is 1.99. The summed E-state index contributed by atoms with van der Waals surface area (Å²) >= 11 is 0. The van der Waals surface area contributed by atoms with Gasteiger partial charge in [-0.25, -0.2) is 9.78 Å². The van der Waals surface area contributed by atoms with Gasteiger partial charge in [-0.15, -0.1) is 0 Å². The van der Waals surface area contributed by atoms with Gasteiger partial charge in [-0.3, -0.25) is 4.40 Å². The topological polar surface area (TPSA) is 54.6 Å². The van der Waals surface area contributed by atoms with Crippen molar-refractivity contribution in [1.29, 1.82) is 0 Å². The molecule has 0 aliphatic carbocycles. The second-order valence-electron chi connectivity index (χ2n) is 4.46. The quantitative estimate of drug-likeness (QED) is 0.762. The van der Waals surface area contributed by atoms with Crippen molar-refractivity contribution in [1.82, 2.24) is 9.38 Å². The van der Waals surface area contributed by atoms with Gasteiger partial charge in [-0.05, 0) is 36.8 Å². The molecule has 0 saturated carbocycles. The average molecular weight is 252 g/mol. The van der Waals surface area contributed by atoms with Gasteiger partial charge in [0.25, 0.3) is 0 Å². The lowest BCUT2D eigenvalue weighted by Crippen LogP contribution is -1.96. The molecule has 3 rings (SSSR count). The molecule has 2 aromatic heterocycles. The molecule has 94 valence electrons. The van der Waals surface area contributed by atoms with E-state index in [1.165, 1.54) is 5.56 Å². The molecular formula is C15H12N2O2. The van der Waals surface area contributed by atoms with E-state index in [2.05, 4.69) is 11.1 Å². The fraction of sp³-hybridized carbons (Fsp3) is 0.0667. The van der Waals surface area contributed by atoms with Crippen molar-refractivity contribution in [2.75, 3.05) is 0 Å². The van der Waals surface area contributed by atoms with E-state index in [0.29, 0.717) is 0 Å². The molecule has 0 bridgehead atoms. The maximum absolute atomic E-state index is 10.8. The highest BCUT2D eigenvalue weighted by Crippen LogP contribution is 2.20. The monoisotopic (exact) mass is 252 g/mol. The van der Waals surface area contributed by atoms with Gasteiger partial charge >= 0.3 is 5.97 Å². The number of hydrogen-bond donors (Lipinski definition) is 1. The third-order valence-corrected chi connectivity index (χ3v) is 3.08. The van der Waals surface area contributed by atoms with E-state index < -0.39 is 5.97 Å². The molecule has 1 aromatic carbocycles. The number of nitrogens with zero attached hydrogens (tertiary/aromatic N) is 2. The predicted octanol–water partition coefficient (Wildman–Crippen LogP) is 3.01. The van der Waals surface area contributed by atoms with E-state index >= 15 is 0 Å². The number of aromatic carboxylic acids is 1. The van der Waals surface area contributed by atoms with Crippen LogP contribution in [0.15, 0.2) is 48.8 Å². The third kappa shape index (κ3) is 1.97. The van der Waals surface area contributed by atoms with Crippen molar-refractivity contribution in [2.24, 2.45) is 0 Å². The summed E-state index contributed by atoms with van der Waals surface area (Å²) in [5.74, 6) is -0.109. The van der Waals surface area contributed by atoms with Gasteiger partial charge in [0.05, 0.1) is 17.3 Å². The number of benzene rings is 1. The van der Waals surface area contributed by atoms with Crippen LogP contribution in [0.4, 0.5) is 0 Å². The lowest BCUT2D eigenvalue weighted by Gasteiger charge is -2.03. The van der Waals surface area contributed by atoms with E-state index in [4.69, 9.17) is 5.11 Å².